The average molecular weight is 271 g/mol. The van der Waals surface area contributed by atoms with Gasteiger partial charge in [-0.3, -0.25) is 0 Å². The maximum absolute atomic E-state index is 12.7. The van der Waals surface area contributed by atoms with Gasteiger partial charge in [-0.05, 0) is 18.6 Å². The predicted molar refractivity (Wildman–Crippen MR) is 68.8 cm³/mol. The van der Waals surface area contributed by atoms with Gasteiger partial charge in [0, 0.05) is 13.0 Å². The van der Waals surface area contributed by atoms with E-state index in [0.29, 0.717) is 24.0 Å². The van der Waals surface area contributed by atoms with Crippen LogP contribution in [0.25, 0.3) is 11.0 Å². The molecule has 104 valence electrons. The number of nitrogen functional groups attached to an aromatic ring is 1. The van der Waals surface area contributed by atoms with Crippen molar-refractivity contribution in [1.29, 1.82) is 0 Å². The van der Waals surface area contributed by atoms with E-state index in [-0.39, 0.29) is 5.69 Å². The number of rotatable bonds is 3. The summed E-state index contributed by atoms with van der Waals surface area (Å²) in [5, 5.41) is 0. The Balaban J connectivity index is 2.71. The van der Waals surface area contributed by atoms with E-state index in [0.717, 1.165) is 24.4 Å². The van der Waals surface area contributed by atoms with Crippen molar-refractivity contribution < 1.29 is 13.2 Å². The summed E-state index contributed by atoms with van der Waals surface area (Å²) in [5.74, 6) is 0.767. The summed E-state index contributed by atoms with van der Waals surface area (Å²) in [7, 11) is 0. The number of anilines is 1. The molecular weight excluding hydrogens is 255 g/mol. The Kier molecular flexibility index (Phi) is 3.43. The average Bonchev–Trinajstić information content (AvgIpc) is 2.67. The summed E-state index contributed by atoms with van der Waals surface area (Å²) in [6.45, 7) is 4.63. The molecule has 19 heavy (non-hydrogen) atoms. The van der Waals surface area contributed by atoms with Gasteiger partial charge >= 0.3 is 6.18 Å². The number of benzene rings is 1. The van der Waals surface area contributed by atoms with Gasteiger partial charge in [0.2, 0.25) is 0 Å². The number of aromatic nitrogens is 2. The predicted octanol–water partition coefficient (Wildman–Crippen LogP) is 3.61. The molecule has 2 rings (SSSR count). The third kappa shape index (κ3) is 2.39. The molecule has 0 aliphatic heterocycles. The fourth-order valence-corrected chi connectivity index (χ4v) is 2.25. The molecule has 2 N–H and O–H groups in total. The second kappa shape index (κ2) is 4.75. The summed E-state index contributed by atoms with van der Waals surface area (Å²) >= 11 is 0. The van der Waals surface area contributed by atoms with Gasteiger partial charge in [0.1, 0.15) is 5.82 Å². The Hall–Kier alpha value is -1.72. The van der Waals surface area contributed by atoms with Crippen molar-refractivity contribution in [3.8, 4) is 0 Å². The van der Waals surface area contributed by atoms with Crippen molar-refractivity contribution in [2.45, 2.75) is 39.4 Å². The molecule has 0 radical (unpaired) electrons. The normalized spacial score (nSPS) is 12.3. The van der Waals surface area contributed by atoms with Crippen LogP contribution in [0.1, 0.15) is 31.7 Å². The summed E-state index contributed by atoms with van der Waals surface area (Å²) in [6, 6.07) is 2.05. The van der Waals surface area contributed by atoms with E-state index in [9.17, 15) is 13.2 Å². The lowest BCUT2D eigenvalue weighted by Gasteiger charge is -2.10. The van der Waals surface area contributed by atoms with Crippen LogP contribution in [0, 0.1) is 0 Å². The van der Waals surface area contributed by atoms with E-state index >= 15 is 0 Å². The highest BCUT2D eigenvalue weighted by molar-refractivity contribution is 5.89. The van der Waals surface area contributed by atoms with E-state index in [1.54, 1.807) is 0 Å². The van der Waals surface area contributed by atoms with E-state index in [4.69, 9.17) is 5.73 Å². The van der Waals surface area contributed by atoms with E-state index in [1.165, 1.54) is 0 Å². The first kappa shape index (κ1) is 13.7. The number of nitrogens with two attached hydrogens (primary N) is 1. The van der Waals surface area contributed by atoms with Gasteiger partial charge in [0.05, 0.1) is 22.3 Å². The quantitative estimate of drug-likeness (QED) is 0.867. The van der Waals surface area contributed by atoms with Crippen LogP contribution in [-0.2, 0) is 19.1 Å². The number of imidazole rings is 1. The lowest BCUT2D eigenvalue weighted by atomic mass is 10.1. The van der Waals surface area contributed by atoms with Crippen LogP contribution in [0.5, 0.6) is 0 Å². The molecule has 0 amide bonds. The molecule has 0 saturated heterocycles. The van der Waals surface area contributed by atoms with E-state index in [2.05, 4.69) is 4.98 Å². The molecule has 2 aromatic rings. The largest absolute Gasteiger partial charge is 0.416 e. The molecule has 6 heteroatoms. The highest BCUT2D eigenvalue weighted by Gasteiger charge is 2.32. The molecule has 0 aliphatic rings. The third-order valence-electron chi connectivity index (χ3n) is 3.04. The van der Waals surface area contributed by atoms with Crippen LogP contribution in [-0.4, -0.2) is 9.55 Å². The summed E-state index contributed by atoms with van der Waals surface area (Å²) in [6.07, 6.45) is -2.86. The maximum Gasteiger partial charge on any atom is 0.416 e. The third-order valence-corrected chi connectivity index (χ3v) is 3.04. The molecule has 0 atom stereocenters. The standard InChI is InChI=1S/C13H16F3N3/c1-3-5-19-11(4-2)18-10-7-8(13(14,15)16)6-9(17)12(10)19/h6-7H,3-5,17H2,1-2H3. The fourth-order valence-electron chi connectivity index (χ4n) is 2.25. The van der Waals surface area contributed by atoms with Crippen LogP contribution >= 0.6 is 0 Å². The summed E-state index contributed by atoms with van der Waals surface area (Å²) in [4.78, 5) is 4.27. The maximum atomic E-state index is 12.7. The molecular formula is C13H16F3N3. The van der Waals surface area contributed by atoms with Gasteiger partial charge in [-0.15, -0.1) is 0 Å². The van der Waals surface area contributed by atoms with Gasteiger partial charge in [-0.1, -0.05) is 13.8 Å². The van der Waals surface area contributed by atoms with Crippen molar-refractivity contribution >= 4 is 16.7 Å². The van der Waals surface area contributed by atoms with Crippen LogP contribution in [0.2, 0.25) is 0 Å². The van der Waals surface area contributed by atoms with E-state index < -0.39 is 11.7 Å². The van der Waals surface area contributed by atoms with Gasteiger partial charge in [0.15, 0.2) is 0 Å². The first-order valence-electron chi connectivity index (χ1n) is 6.24. The van der Waals surface area contributed by atoms with E-state index in [1.807, 2.05) is 18.4 Å². The Bertz CT molecular complexity index is 599. The first-order chi connectivity index (χ1) is 8.88. The Morgan fingerprint density at radius 3 is 2.47 bits per heavy atom. The number of hydrogen-bond acceptors (Lipinski definition) is 2. The highest BCUT2D eigenvalue weighted by atomic mass is 19.4. The summed E-state index contributed by atoms with van der Waals surface area (Å²) < 4.78 is 40.1. The first-order valence-corrected chi connectivity index (χ1v) is 6.24. The highest BCUT2D eigenvalue weighted by Crippen LogP contribution is 2.34. The SMILES string of the molecule is CCCn1c(CC)nc2cc(C(F)(F)F)cc(N)c21. The smallest absolute Gasteiger partial charge is 0.397 e. The summed E-state index contributed by atoms with van der Waals surface area (Å²) in [5.41, 5.74) is 6.09. The van der Waals surface area contributed by atoms with Gasteiger partial charge in [-0.2, -0.15) is 13.2 Å². The number of nitrogens with zero attached hydrogens (tertiary/aromatic N) is 2. The van der Waals surface area contributed by atoms with Crippen LogP contribution in [0.3, 0.4) is 0 Å². The van der Waals surface area contributed by atoms with Crippen molar-refractivity contribution in [3.05, 3.63) is 23.5 Å². The zero-order chi connectivity index (χ0) is 14.2. The Morgan fingerprint density at radius 2 is 1.95 bits per heavy atom. The molecule has 1 aromatic heterocycles. The number of fused-ring (bicyclic) bond motifs is 1. The number of hydrogen-bond donors (Lipinski definition) is 1. The molecule has 0 unspecified atom stereocenters. The lowest BCUT2D eigenvalue weighted by molar-refractivity contribution is -0.137. The number of alkyl halides is 3. The van der Waals surface area contributed by atoms with Crippen molar-refractivity contribution in [2.75, 3.05) is 5.73 Å². The Morgan fingerprint density at radius 1 is 1.26 bits per heavy atom. The van der Waals surface area contributed by atoms with Crippen molar-refractivity contribution in [3.63, 3.8) is 0 Å². The molecule has 3 nitrogen and oxygen atoms in total. The molecule has 0 aliphatic carbocycles. The number of aryl methyl sites for hydroxylation is 2. The Labute approximate surface area is 109 Å². The zero-order valence-electron chi connectivity index (χ0n) is 10.9. The molecule has 0 spiro atoms. The second-order valence-electron chi connectivity index (χ2n) is 4.46. The monoisotopic (exact) mass is 271 g/mol. The van der Waals surface area contributed by atoms with Crippen LogP contribution < -0.4 is 5.73 Å². The van der Waals surface area contributed by atoms with Crippen molar-refractivity contribution in [2.24, 2.45) is 0 Å². The zero-order valence-corrected chi connectivity index (χ0v) is 10.9. The molecule has 0 bridgehead atoms. The topological polar surface area (TPSA) is 43.8 Å². The molecule has 0 fully saturated rings. The van der Waals surface area contributed by atoms with Gasteiger partial charge in [-0.25, -0.2) is 4.98 Å². The van der Waals surface area contributed by atoms with Crippen molar-refractivity contribution in [1.82, 2.24) is 9.55 Å². The van der Waals surface area contributed by atoms with Crippen LogP contribution in [0.4, 0.5) is 18.9 Å². The fraction of sp³-hybridized carbons (Fsp3) is 0.462. The van der Waals surface area contributed by atoms with Gasteiger partial charge in [0.25, 0.3) is 0 Å². The molecule has 0 saturated carbocycles. The molecule has 1 heterocycles. The molecule has 1 aromatic carbocycles. The number of halogens is 3. The van der Waals surface area contributed by atoms with Gasteiger partial charge < -0.3 is 10.3 Å². The minimum Gasteiger partial charge on any atom is -0.397 e. The van der Waals surface area contributed by atoms with Crippen LogP contribution in [0.15, 0.2) is 12.1 Å². The second-order valence-corrected chi connectivity index (χ2v) is 4.46. The minimum atomic E-state index is -4.40. The minimum absolute atomic E-state index is 0.130. The lowest BCUT2D eigenvalue weighted by Crippen LogP contribution is -2.07.